The molecule has 3 heterocycles. The monoisotopic (exact) mass is 648 g/mol. The Morgan fingerprint density at radius 3 is 2.35 bits per heavy atom. The number of carbonyl (C=O) groups excluding carboxylic acids is 6. The van der Waals surface area contributed by atoms with Crippen molar-refractivity contribution < 1.29 is 28.8 Å². The molecule has 0 aliphatic carbocycles. The van der Waals surface area contributed by atoms with Crippen LogP contribution in [0.3, 0.4) is 0 Å². The average molecular weight is 649 g/mol. The SMILES string of the molecule is CCCC[C@H]1NC(=O)CNC(=O)[C@@H](CC2CNCN2)CC(=O)C2CCCN2C(=O)[C@@H](CCCCN)NC(=O)[C@@H](C(C)CC)NC1=O. The van der Waals surface area contributed by atoms with E-state index in [2.05, 4.69) is 31.9 Å². The van der Waals surface area contributed by atoms with Crippen molar-refractivity contribution in [3.8, 4) is 0 Å². The van der Waals surface area contributed by atoms with E-state index in [9.17, 15) is 28.8 Å². The Morgan fingerprint density at radius 2 is 1.67 bits per heavy atom. The van der Waals surface area contributed by atoms with Crippen LogP contribution in [0.4, 0.5) is 0 Å². The summed E-state index contributed by atoms with van der Waals surface area (Å²) in [5.41, 5.74) is 5.72. The number of nitrogens with two attached hydrogens (primary N) is 1. The van der Waals surface area contributed by atoms with Gasteiger partial charge in [-0.15, -0.1) is 0 Å². The Hall–Kier alpha value is -3.10. The average Bonchev–Trinajstić information content (AvgIpc) is 3.75. The smallest absolute Gasteiger partial charge is 0.245 e. The van der Waals surface area contributed by atoms with E-state index in [0.717, 1.165) is 6.42 Å². The molecule has 46 heavy (non-hydrogen) atoms. The summed E-state index contributed by atoms with van der Waals surface area (Å²) in [4.78, 5) is 83.2. The molecule has 0 aromatic rings. The van der Waals surface area contributed by atoms with Crippen molar-refractivity contribution >= 4 is 35.3 Å². The van der Waals surface area contributed by atoms with Gasteiger partial charge in [0.2, 0.25) is 29.5 Å². The summed E-state index contributed by atoms with van der Waals surface area (Å²) < 4.78 is 0. The van der Waals surface area contributed by atoms with Gasteiger partial charge in [-0.1, -0.05) is 40.0 Å². The predicted octanol–water partition coefficient (Wildman–Crippen LogP) is -0.589. The Balaban J connectivity index is 1.96. The van der Waals surface area contributed by atoms with Crippen LogP contribution in [0, 0.1) is 11.8 Å². The minimum atomic E-state index is -0.947. The molecule has 14 heteroatoms. The highest BCUT2D eigenvalue weighted by Gasteiger charge is 2.40. The zero-order valence-corrected chi connectivity index (χ0v) is 27.8. The van der Waals surface area contributed by atoms with Crippen LogP contribution in [-0.4, -0.2) is 103 Å². The highest BCUT2D eigenvalue weighted by atomic mass is 16.2. The van der Waals surface area contributed by atoms with Gasteiger partial charge >= 0.3 is 0 Å². The maximum atomic E-state index is 14.0. The maximum Gasteiger partial charge on any atom is 0.245 e. The van der Waals surface area contributed by atoms with Crippen LogP contribution in [0.1, 0.15) is 91.4 Å². The van der Waals surface area contributed by atoms with E-state index < -0.39 is 53.7 Å². The Kier molecular flexibility index (Phi) is 15.3. The fourth-order valence-corrected chi connectivity index (χ4v) is 6.47. The van der Waals surface area contributed by atoms with Crippen molar-refractivity contribution in [2.24, 2.45) is 17.6 Å². The lowest BCUT2D eigenvalue weighted by Gasteiger charge is -2.32. The molecule has 0 spiro atoms. The second kappa shape index (κ2) is 18.9. The maximum absolute atomic E-state index is 14.0. The molecule has 3 saturated heterocycles. The number of Topliss-reactive ketones (excluding diaryl/α,β-unsaturated/α-hetero) is 1. The quantitative estimate of drug-likeness (QED) is 0.143. The van der Waals surface area contributed by atoms with Crippen LogP contribution in [0.5, 0.6) is 0 Å². The minimum absolute atomic E-state index is 0.0285. The molecule has 3 fully saturated rings. The molecule has 260 valence electrons. The second-order valence-corrected chi connectivity index (χ2v) is 13.0. The van der Waals surface area contributed by atoms with Gasteiger partial charge in [-0.2, -0.15) is 0 Å². The van der Waals surface area contributed by atoms with Crippen molar-refractivity contribution in [1.29, 1.82) is 0 Å². The van der Waals surface area contributed by atoms with Crippen LogP contribution in [0.2, 0.25) is 0 Å². The Morgan fingerprint density at radius 1 is 0.913 bits per heavy atom. The first-order valence-electron chi connectivity index (χ1n) is 17.2. The Labute approximate surface area is 272 Å². The number of ketones is 1. The minimum Gasteiger partial charge on any atom is -0.347 e. The summed E-state index contributed by atoms with van der Waals surface area (Å²) in [6.45, 7) is 7.41. The van der Waals surface area contributed by atoms with Gasteiger partial charge in [-0.05, 0) is 57.4 Å². The lowest BCUT2D eigenvalue weighted by atomic mass is 9.90. The van der Waals surface area contributed by atoms with Gasteiger partial charge in [-0.3, -0.25) is 28.8 Å². The van der Waals surface area contributed by atoms with E-state index in [4.69, 9.17) is 5.73 Å². The van der Waals surface area contributed by atoms with Crippen LogP contribution in [0.25, 0.3) is 0 Å². The van der Waals surface area contributed by atoms with Crippen molar-refractivity contribution in [3.63, 3.8) is 0 Å². The molecular weight excluding hydrogens is 592 g/mol. The number of carbonyl (C=O) groups is 6. The molecule has 3 aliphatic heterocycles. The number of fused-ring (bicyclic) bond motifs is 1. The van der Waals surface area contributed by atoms with Crippen molar-refractivity contribution in [3.05, 3.63) is 0 Å². The zero-order valence-electron chi connectivity index (χ0n) is 27.8. The lowest BCUT2D eigenvalue weighted by molar-refractivity contribution is -0.142. The van der Waals surface area contributed by atoms with Gasteiger partial charge in [0.15, 0.2) is 5.78 Å². The molecule has 3 aliphatic rings. The number of rotatable bonds is 11. The number of unbranched alkanes of at least 4 members (excludes halogenated alkanes) is 2. The molecule has 14 nitrogen and oxygen atoms in total. The van der Waals surface area contributed by atoms with Gasteiger partial charge in [-0.25, -0.2) is 0 Å². The molecule has 3 unspecified atom stereocenters. The third-order valence-electron chi connectivity index (χ3n) is 9.48. The Bertz CT molecular complexity index is 1070. The fraction of sp³-hybridized carbons (Fsp3) is 0.812. The van der Waals surface area contributed by atoms with Gasteiger partial charge in [0, 0.05) is 38.1 Å². The van der Waals surface area contributed by atoms with Crippen LogP contribution in [-0.2, 0) is 28.8 Å². The summed E-state index contributed by atoms with van der Waals surface area (Å²) in [7, 11) is 0. The highest BCUT2D eigenvalue weighted by molar-refractivity contribution is 5.98. The summed E-state index contributed by atoms with van der Waals surface area (Å²) in [5, 5.41) is 17.6. The fourth-order valence-electron chi connectivity index (χ4n) is 6.47. The normalized spacial score (nSPS) is 29.7. The van der Waals surface area contributed by atoms with E-state index in [1.54, 1.807) is 4.90 Å². The van der Waals surface area contributed by atoms with Gasteiger partial charge in [0.1, 0.15) is 18.1 Å². The lowest BCUT2D eigenvalue weighted by Crippen LogP contribution is -2.59. The standard InChI is InChI=1S/C32H56N8O6/c1-4-6-10-23-30(44)39-28(20(3)5-2)31(45)38-24(11-7-8-13-33)32(46)40-14-9-12-25(40)26(41)16-21(15-22-17-34-19-36-22)29(43)35-18-27(42)37-23/h20-25,28,34,36H,4-19,33H2,1-3H3,(H,35,43)(H,37,42)(H,38,45)(H,39,44)/t20?,21-,22?,23+,24+,25?,28+/m0/s1. The summed E-state index contributed by atoms with van der Waals surface area (Å²) >= 11 is 0. The van der Waals surface area contributed by atoms with Crippen molar-refractivity contribution in [1.82, 2.24) is 36.8 Å². The van der Waals surface area contributed by atoms with Crippen LogP contribution < -0.4 is 37.6 Å². The predicted molar refractivity (Wildman–Crippen MR) is 173 cm³/mol. The third kappa shape index (κ3) is 10.7. The first kappa shape index (κ1) is 37.4. The molecule has 5 amide bonds. The number of nitrogens with one attached hydrogen (secondary N) is 6. The van der Waals surface area contributed by atoms with Crippen molar-refractivity contribution in [2.75, 3.05) is 32.8 Å². The molecule has 3 rings (SSSR count). The summed E-state index contributed by atoms with van der Waals surface area (Å²) in [5.74, 6) is -3.47. The number of hydrogen-bond acceptors (Lipinski definition) is 9. The van der Waals surface area contributed by atoms with Crippen LogP contribution >= 0.6 is 0 Å². The number of amides is 5. The molecule has 0 saturated carbocycles. The van der Waals surface area contributed by atoms with E-state index in [-0.39, 0.29) is 36.6 Å². The molecule has 0 bridgehead atoms. The van der Waals surface area contributed by atoms with E-state index in [1.165, 1.54) is 0 Å². The van der Waals surface area contributed by atoms with Crippen molar-refractivity contribution in [2.45, 2.75) is 122 Å². The van der Waals surface area contributed by atoms with E-state index in [1.807, 2.05) is 20.8 Å². The molecule has 0 aromatic heterocycles. The molecule has 0 aromatic carbocycles. The van der Waals surface area contributed by atoms with E-state index >= 15 is 0 Å². The first-order valence-corrected chi connectivity index (χ1v) is 17.2. The largest absolute Gasteiger partial charge is 0.347 e. The van der Waals surface area contributed by atoms with Gasteiger partial charge in [0.05, 0.1) is 12.6 Å². The summed E-state index contributed by atoms with van der Waals surface area (Å²) in [6.07, 6.45) is 5.36. The summed E-state index contributed by atoms with van der Waals surface area (Å²) in [6, 6.07) is -3.51. The second-order valence-electron chi connectivity index (χ2n) is 13.0. The highest BCUT2D eigenvalue weighted by Crippen LogP contribution is 2.25. The topological polar surface area (TPSA) is 204 Å². The molecule has 0 radical (unpaired) electrons. The number of nitrogens with zero attached hydrogens (tertiary/aromatic N) is 1. The van der Waals surface area contributed by atoms with Gasteiger partial charge < -0.3 is 42.5 Å². The molecule has 8 N–H and O–H groups in total. The third-order valence-corrected chi connectivity index (χ3v) is 9.48. The van der Waals surface area contributed by atoms with Crippen LogP contribution in [0.15, 0.2) is 0 Å². The molecule has 7 atom stereocenters. The first-order chi connectivity index (χ1) is 22.1. The van der Waals surface area contributed by atoms with E-state index in [0.29, 0.717) is 84.1 Å². The van der Waals surface area contributed by atoms with Gasteiger partial charge in [0.25, 0.3) is 0 Å². The zero-order chi connectivity index (χ0) is 33.6. The molecular formula is C32H56N8O6. The number of hydrogen-bond donors (Lipinski definition) is 7.